The van der Waals surface area contributed by atoms with E-state index in [0.29, 0.717) is 0 Å². The fraction of sp³-hybridized carbons (Fsp3) is 0.0500. The number of ether oxygens (including phenoxy) is 1. The van der Waals surface area contributed by atoms with Gasteiger partial charge in [0.15, 0.2) is 0 Å². The van der Waals surface area contributed by atoms with Gasteiger partial charge in [0.1, 0.15) is 22.7 Å². The largest absolute Gasteiger partial charge is 0.478 e. The fourth-order valence-electron chi connectivity index (χ4n) is 3.28. The number of hydrogen-bond donors (Lipinski definition) is 4. The Balaban J connectivity index is 2.18. The van der Waals surface area contributed by atoms with Crippen LogP contribution in [0.5, 0.6) is 11.5 Å². The predicted molar refractivity (Wildman–Crippen MR) is 116 cm³/mol. The molecule has 0 aliphatic carbocycles. The number of aromatic nitrogens is 1. The number of nitrogens with two attached hydrogens (primary N) is 1. The van der Waals surface area contributed by atoms with Gasteiger partial charge in [0.2, 0.25) is 0 Å². The molecule has 0 amide bonds. The number of pyridine rings is 1. The van der Waals surface area contributed by atoms with Gasteiger partial charge in [-0.1, -0.05) is 12.1 Å². The molecule has 5 N–H and O–H groups in total. The molecule has 0 aliphatic rings. The summed E-state index contributed by atoms with van der Waals surface area (Å²) in [7, 11) is 0. The number of aromatic carboxylic acids is 2. The van der Waals surface area contributed by atoms with Crippen LogP contribution in [-0.4, -0.2) is 37.0 Å². The highest BCUT2D eigenvalue weighted by Crippen LogP contribution is 2.44. The van der Waals surface area contributed by atoms with Crippen LogP contribution in [0.25, 0.3) is 11.1 Å². The maximum Gasteiger partial charge on any atom is 0.416 e. The molecule has 3 rings (SSSR count). The maximum atomic E-state index is 13.1. The van der Waals surface area contributed by atoms with E-state index in [0.717, 1.165) is 24.3 Å². The van der Waals surface area contributed by atoms with Gasteiger partial charge in [-0.2, -0.15) is 13.2 Å². The summed E-state index contributed by atoms with van der Waals surface area (Å²) >= 11 is 0. The van der Waals surface area contributed by atoms with Gasteiger partial charge in [0.05, 0.1) is 15.4 Å². The lowest BCUT2D eigenvalue weighted by Crippen LogP contribution is -2.24. The van der Waals surface area contributed by atoms with Gasteiger partial charge in [-0.05, 0) is 17.7 Å². The van der Waals surface area contributed by atoms with Crippen molar-refractivity contribution < 1.29 is 47.6 Å². The molecular formula is C20H11F3N4O10. The number of alkyl halides is 3. The quantitative estimate of drug-likeness (QED) is 0.257. The normalized spacial score (nSPS) is 11.1. The first-order chi connectivity index (χ1) is 17.1. The number of anilines is 1. The molecule has 0 saturated heterocycles. The third-order valence-corrected chi connectivity index (χ3v) is 4.81. The van der Waals surface area contributed by atoms with Gasteiger partial charge in [-0.15, -0.1) is 0 Å². The highest BCUT2D eigenvalue weighted by atomic mass is 19.4. The summed E-state index contributed by atoms with van der Waals surface area (Å²) < 4.78 is 44.4. The molecule has 0 spiro atoms. The Kier molecular flexibility index (Phi) is 6.56. The Bertz CT molecular complexity index is 1500. The zero-order valence-electron chi connectivity index (χ0n) is 17.7. The van der Waals surface area contributed by atoms with Crippen molar-refractivity contribution in [3.05, 3.63) is 83.7 Å². The number of nitro benzene ring substituents is 2. The number of nitro groups is 2. The van der Waals surface area contributed by atoms with Crippen LogP contribution in [0.3, 0.4) is 0 Å². The van der Waals surface area contributed by atoms with Crippen LogP contribution >= 0.6 is 0 Å². The van der Waals surface area contributed by atoms with Crippen LogP contribution in [-0.2, 0) is 6.18 Å². The number of rotatable bonds is 7. The zero-order chi connectivity index (χ0) is 27.8. The molecule has 14 nitrogen and oxygen atoms in total. The number of aromatic amines is 1. The van der Waals surface area contributed by atoms with E-state index in [4.69, 9.17) is 10.5 Å². The molecule has 0 fully saturated rings. The van der Waals surface area contributed by atoms with Gasteiger partial charge in [0, 0.05) is 17.7 Å². The molecule has 0 unspecified atom stereocenters. The predicted octanol–water partition coefficient (Wildman–Crippen LogP) is 3.65. The molecule has 0 atom stereocenters. The summed E-state index contributed by atoms with van der Waals surface area (Å²) in [6.45, 7) is 0. The van der Waals surface area contributed by atoms with Crippen LogP contribution in [0.15, 0.2) is 41.2 Å². The van der Waals surface area contributed by atoms with Crippen LogP contribution in [0.2, 0.25) is 0 Å². The average Bonchev–Trinajstić information content (AvgIpc) is 2.77. The average molecular weight is 524 g/mol. The fourth-order valence-corrected chi connectivity index (χ4v) is 3.28. The van der Waals surface area contributed by atoms with Crippen molar-refractivity contribution in [2.45, 2.75) is 6.18 Å². The number of halogens is 3. The first-order valence-corrected chi connectivity index (χ1v) is 9.48. The molecule has 0 saturated carbocycles. The molecular weight excluding hydrogens is 513 g/mol. The highest BCUT2D eigenvalue weighted by molar-refractivity contribution is 6.07. The van der Waals surface area contributed by atoms with Gasteiger partial charge >= 0.3 is 29.5 Å². The first-order valence-electron chi connectivity index (χ1n) is 9.48. The minimum atomic E-state index is -5.14. The summed E-state index contributed by atoms with van der Waals surface area (Å²) in [5.41, 5.74) is -2.62. The highest BCUT2D eigenvalue weighted by Gasteiger charge is 2.38. The molecule has 3 aromatic rings. The molecule has 1 aromatic heterocycles. The monoisotopic (exact) mass is 524 g/mol. The summed E-state index contributed by atoms with van der Waals surface area (Å²) in [5, 5.41) is 41.6. The number of nitrogen functional groups attached to an aromatic ring is 1. The summed E-state index contributed by atoms with van der Waals surface area (Å²) in [6.07, 6.45) is -5.14. The van der Waals surface area contributed by atoms with E-state index in [1.54, 1.807) is 0 Å². The van der Waals surface area contributed by atoms with E-state index in [9.17, 15) is 58.0 Å². The summed E-state index contributed by atoms with van der Waals surface area (Å²) in [4.78, 5) is 57.4. The Morgan fingerprint density at radius 1 is 0.946 bits per heavy atom. The third-order valence-electron chi connectivity index (χ3n) is 4.81. The molecule has 0 bridgehead atoms. The zero-order valence-corrected chi connectivity index (χ0v) is 17.7. The van der Waals surface area contributed by atoms with Crippen molar-refractivity contribution in [2.75, 3.05) is 5.73 Å². The molecule has 0 aliphatic heterocycles. The van der Waals surface area contributed by atoms with Gasteiger partial charge < -0.3 is 25.7 Å². The molecule has 192 valence electrons. The van der Waals surface area contributed by atoms with E-state index >= 15 is 0 Å². The van der Waals surface area contributed by atoms with Crippen molar-refractivity contribution >= 4 is 29.1 Å². The third kappa shape index (κ3) is 4.99. The second-order valence-electron chi connectivity index (χ2n) is 7.09. The van der Waals surface area contributed by atoms with Crippen LogP contribution in [0, 0.1) is 20.2 Å². The minimum absolute atomic E-state index is 0.0496. The van der Waals surface area contributed by atoms with Crippen molar-refractivity contribution in [1.82, 2.24) is 4.98 Å². The van der Waals surface area contributed by atoms with E-state index in [1.807, 2.05) is 4.98 Å². The van der Waals surface area contributed by atoms with Gasteiger partial charge in [0.25, 0.3) is 11.3 Å². The molecule has 0 radical (unpaired) electrons. The Morgan fingerprint density at radius 3 is 1.84 bits per heavy atom. The number of hydrogen-bond acceptors (Lipinski definition) is 9. The Hall–Kier alpha value is -5.48. The number of carboxylic acid groups (broad SMARTS) is 2. The van der Waals surface area contributed by atoms with Crippen molar-refractivity contribution in [2.24, 2.45) is 0 Å². The number of nitrogens with one attached hydrogen (secondary N) is 1. The van der Waals surface area contributed by atoms with Crippen molar-refractivity contribution in [3.63, 3.8) is 0 Å². The number of carboxylic acids is 2. The lowest BCUT2D eigenvalue weighted by molar-refractivity contribution is -0.396. The molecule has 37 heavy (non-hydrogen) atoms. The van der Waals surface area contributed by atoms with Crippen molar-refractivity contribution in [1.29, 1.82) is 0 Å². The lowest BCUT2D eigenvalue weighted by atomic mass is 9.95. The van der Waals surface area contributed by atoms with E-state index in [2.05, 4.69) is 0 Å². The maximum absolute atomic E-state index is 13.1. The SMILES string of the molecule is Nc1[nH]c(=O)c(C(=O)O)c(-c2ccc(Oc3c([N+](=O)[O-])cc(C(F)(F)F)cc3[N+](=O)[O-])cc2)c1C(=O)O. The molecule has 17 heteroatoms. The van der Waals surface area contributed by atoms with E-state index in [-0.39, 0.29) is 17.7 Å². The smallest absolute Gasteiger partial charge is 0.416 e. The van der Waals surface area contributed by atoms with Crippen molar-refractivity contribution in [3.8, 4) is 22.6 Å². The van der Waals surface area contributed by atoms with Crippen LogP contribution < -0.4 is 16.0 Å². The van der Waals surface area contributed by atoms with Gasteiger partial charge in [-0.25, -0.2) is 9.59 Å². The molecule has 1 heterocycles. The second kappa shape index (κ2) is 9.29. The number of carbonyl (C=O) groups is 2. The summed E-state index contributed by atoms with van der Waals surface area (Å²) in [6, 6.07) is 4.01. The number of nitrogens with zero attached hydrogens (tertiary/aromatic N) is 2. The topological polar surface area (TPSA) is 229 Å². The van der Waals surface area contributed by atoms with E-state index < -0.39 is 84.5 Å². The second-order valence-corrected chi connectivity index (χ2v) is 7.09. The van der Waals surface area contributed by atoms with Crippen LogP contribution in [0.1, 0.15) is 26.3 Å². The molecule has 2 aromatic carbocycles. The van der Waals surface area contributed by atoms with Gasteiger partial charge in [-0.3, -0.25) is 25.0 Å². The van der Waals surface area contributed by atoms with Crippen LogP contribution in [0.4, 0.5) is 30.4 Å². The Morgan fingerprint density at radius 2 is 1.43 bits per heavy atom. The first kappa shape index (κ1) is 26.1. The standard InChI is InChI=1S/C20H11F3N4O10/c21-20(22,23)8-5-10(26(33)34)15(11(6-8)27(35)36)37-9-3-1-7(2-4-9)12-13(18(29)30)16(24)25-17(28)14(12)19(31)32/h1-6H,(H,29,30)(H,31,32)(H3,24,25,28). The summed E-state index contributed by atoms with van der Waals surface area (Å²) in [5.74, 6) is -5.68. The lowest BCUT2D eigenvalue weighted by Gasteiger charge is -2.13. The number of benzene rings is 2. The minimum Gasteiger partial charge on any atom is -0.478 e. The number of H-pyrrole nitrogens is 1. The van der Waals surface area contributed by atoms with E-state index in [1.165, 1.54) is 0 Å². The Labute approximate surface area is 200 Å².